The summed E-state index contributed by atoms with van der Waals surface area (Å²) in [5.41, 5.74) is 1.37. The first-order valence-corrected chi connectivity index (χ1v) is 7.16. The first-order valence-electron chi connectivity index (χ1n) is 7.16. The van der Waals surface area contributed by atoms with Gasteiger partial charge in [0.25, 0.3) is 0 Å². The van der Waals surface area contributed by atoms with Gasteiger partial charge in [0, 0.05) is 7.11 Å². The molecule has 0 fully saturated rings. The van der Waals surface area contributed by atoms with Gasteiger partial charge in [0.2, 0.25) is 0 Å². The Morgan fingerprint density at radius 2 is 1.65 bits per heavy atom. The van der Waals surface area contributed by atoms with Crippen molar-refractivity contribution in [1.82, 2.24) is 5.32 Å². The Morgan fingerprint density at radius 1 is 1.00 bits per heavy atom. The van der Waals surface area contributed by atoms with Gasteiger partial charge in [0.05, 0.1) is 12.1 Å². The van der Waals surface area contributed by atoms with Gasteiger partial charge in [-0.05, 0) is 28.8 Å². The Bertz CT molecular complexity index is 566. The maximum atomic E-state index is 5.81. The third kappa shape index (κ3) is 2.87. The van der Waals surface area contributed by atoms with E-state index in [4.69, 9.17) is 4.74 Å². The van der Waals surface area contributed by atoms with E-state index in [0.29, 0.717) is 0 Å². The summed E-state index contributed by atoms with van der Waals surface area (Å²) in [5.74, 6) is 0. The number of likely N-dealkylation sites (N-methyl/N-ethyl adjacent to an activating group) is 1. The molecule has 20 heavy (non-hydrogen) atoms. The molecule has 108 valence electrons. The van der Waals surface area contributed by atoms with Crippen LogP contribution in [0.3, 0.4) is 0 Å². The van der Waals surface area contributed by atoms with E-state index in [1.165, 1.54) is 16.3 Å². The van der Waals surface area contributed by atoms with Crippen molar-refractivity contribution in [3.05, 3.63) is 48.0 Å². The van der Waals surface area contributed by atoms with Crippen molar-refractivity contribution < 1.29 is 4.74 Å². The smallest absolute Gasteiger partial charge is 0.0814 e. The summed E-state index contributed by atoms with van der Waals surface area (Å²) in [6.07, 6.45) is 0.110. The molecule has 2 unspecified atom stereocenters. The van der Waals surface area contributed by atoms with Crippen LogP contribution >= 0.6 is 0 Å². The van der Waals surface area contributed by atoms with E-state index in [1.807, 2.05) is 7.05 Å². The van der Waals surface area contributed by atoms with Crippen LogP contribution in [0.25, 0.3) is 10.8 Å². The average molecular weight is 271 g/mol. The first kappa shape index (κ1) is 15.0. The minimum Gasteiger partial charge on any atom is -0.379 e. The summed E-state index contributed by atoms with van der Waals surface area (Å²) in [4.78, 5) is 0. The van der Waals surface area contributed by atoms with Gasteiger partial charge in [0.15, 0.2) is 0 Å². The molecule has 2 nitrogen and oxygen atoms in total. The topological polar surface area (TPSA) is 21.3 Å². The second-order valence-electron chi connectivity index (χ2n) is 6.36. The number of nitrogens with one attached hydrogen (secondary N) is 1. The molecule has 0 aliphatic heterocycles. The summed E-state index contributed by atoms with van der Waals surface area (Å²) in [7, 11) is 3.80. The quantitative estimate of drug-likeness (QED) is 0.901. The molecule has 0 heterocycles. The second-order valence-corrected chi connectivity index (χ2v) is 6.36. The standard InChI is InChI=1S/C18H25NO/c1-18(2,3)17(20-5)16(19-4)15-12-8-10-13-9-6-7-11-14(13)15/h6-12,16-17,19H,1-5H3. The van der Waals surface area contributed by atoms with Crippen molar-refractivity contribution in [2.75, 3.05) is 14.2 Å². The van der Waals surface area contributed by atoms with Gasteiger partial charge in [0.1, 0.15) is 0 Å². The lowest BCUT2D eigenvalue weighted by Gasteiger charge is -2.36. The predicted octanol–water partition coefficient (Wildman–Crippen LogP) is 4.16. The molecule has 2 heteroatoms. The maximum Gasteiger partial charge on any atom is 0.0814 e. The van der Waals surface area contributed by atoms with Crippen LogP contribution in [0.5, 0.6) is 0 Å². The average Bonchev–Trinajstić information content (AvgIpc) is 2.42. The molecule has 0 aromatic heterocycles. The number of ether oxygens (including phenoxy) is 1. The first-order chi connectivity index (χ1) is 9.49. The highest BCUT2D eigenvalue weighted by Gasteiger charge is 2.33. The lowest BCUT2D eigenvalue weighted by Crippen LogP contribution is -2.40. The van der Waals surface area contributed by atoms with Crippen LogP contribution in [0.2, 0.25) is 0 Å². The van der Waals surface area contributed by atoms with Crippen molar-refractivity contribution in [2.24, 2.45) is 5.41 Å². The maximum absolute atomic E-state index is 5.81. The number of fused-ring (bicyclic) bond motifs is 1. The molecule has 0 spiro atoms. The Balaban J connectivity index is 2.54. The molecule has 0 radical (unpaired) electrons. The highest BCUT2D eigenvalue weighted by Crippen LogP contribution is 2.35. The SMILES string of the molecule is CNC(c1cccc2ccccc12)C(OC)C(C)(C)C. The van der Waals surface area contributed by atoms with Gasteiger partial charge in [-0.25, -0.2) is 0 Å². The predicted molar refractivity (Wildman–Crippen MR) is 86.0 cm³/mol. The highest BCUT2D eigenvalue weighted by molar-refractivity contribution is 5.86. The van der Waals surface area contributed by atoms with E-state index in [9.17, 15) is 0 Å². The summed E-state index contributed by atoms with van der Waals surface area (Å²) < 4.78 is 5.81. The lowest BCUT2D eigenvalue weighted by molar-refractivity contribution is -0.00980. The molecule has 0 aliphatic rings. The minimum absolute atomic E-state index is 0.0688. The summed E-state index contributed by atoms with van der Waals surface area (Å²) in [5, 5.41) is 6.01. The highest BCUT2D eigenvalue weighted by atomic mass is 16.5. The van der Waals surface area contributed by atoms with E-state index in [1.54, 1.807) is 7.11 Å². The minimum atomic E-state index is 0.0688. The number of rotatable bonds is 4. The number of methoxy groups -OCH3 is 1. The Labute approximate surface area is 122 Å². The Hall–Kier alpha value is -1.38. The number of benzene rings is 2. The van der Waals surface area contributed by atoms with Crippen molar-refractivity contribution in [3.63, 3.8) is 0 Å². The normalized spacial score (nSPS) is 15.2. The Morgan fingerprint density at radius 3 is 2.25 bits per heavy atom. The van der Waals surface area contributed by atoms with Gasteiger partial charge >= 0.3 is 0 Å². The molecule has 0 saturated carbocycles. The van der Waals surface area contributed by atoms with Crippen LogP contribution in [0.15, 0.2) is 42.5 Å². The number of hydrogen-bond donors (Lipinski definition) is 1. The molecule has 1 N–H and O–H groups in total. The lowest BCUT2D eigenvalue weighted by atomic mass is 9.81. The van der Waals surface area contributed by atoms with Crippen LogP contribution in [-0.4, -0.2) is 20.3 Å². The van der Waals surface area contributed by atoms with Crippen LogP contribution in [0.4, 0.5) is 0 Å². The van der Waals surface area contributed by atoms with Crippen LogP contribution in [-0.2, 0) is 4.74 Å². The zero-order chi connectivity index (χ0) is 14.8. The summed E-state index contributed by atoms with van der Waals surface area (Å²) >= 11 is 0. The monoisotopic (exact) mass is 271 g/mol. The molecule has 0 aliphatic carbocycles. The fourth-order valence-electron chi connectivity index (χ4n) is 2.98. The van der Waals surface area contributed by atoms with E-state index < -0.39 is 0 Å². The van der Waals surface area contributed by atoms with Crippen LogP contribution in [0.1, 0.15) is 32.4 Å². The molecule has 0 bridgehead atoms. The molecular weight excluding hydrogens is 246 g/mol. The van der Waals surface area contributed by atoms with Crippen LogP contribution in [0, 0.1) is 5.41 Å². The van der Waals surface area contributed by atoms with Gasteiger partial charge < -0.3 is 10.1 Å². The number of hydrogen-bond acceptors (Lipinski definition) is 2. The molecule has 0 saturated heterocycles. The van der Waals surface area contributed by atoms with Crippen molar-refractivity contribution >= 4 is 10.8 Å². The van der Waals surface area contributed by atoms with Crippen LogP contribution < -0.4 is 5.32 Å². The largest absolute Gasteiger partial charge is 0.379 e. The van der Waals surface area contributed by atoms with E-state index in [2.05, 4.69) is 68.6 Å². The fraction of sp³-hybridized carbons (Fsp3) is 0.444. The van der Waals surface area contributed by atoms with Crippen molar-refractivity contribution in [2.45, 2.75) is 32.9 Å². The third-order valence-electron chi connectivity index (χ3n) is 3.88. The molecule has 2 rings (SSSR count). The van der Waals surface area contributed by atoms with Crippen molar-refractivity contribution in [3.8, 4) is 0 Å². The van der Waals surface area contributed by atoms with E-state index in [0.717, 1.165) is 0 Å². The Kier molecular flexibility index (Phi) is 4.46. The van der Waals surface area contributed by atoms with Crippen molar-refractivity contribution in [1.29, 1.82) is 0 Å². The second kappa shape index (κ2) is 5.94. The summed E-state index contributed by atoms with van der Waals surface area (Å²) in [6.45, 7) is 6.66. The zero-order valence-corrected chi connectivity index (χ0v) is 13.1. The molecular formula is C18H25NO. The fourth-order valence-corrected chi connectivity index (χ4v) is 2.98. The molecule has 2 aromatic rings. The molecule has 2 atom stereocenters. The van der Waals surface area contributed by atoms with Gasteiger partial charge in [-0.1, -0.05) is 63.2 Å². The van der Waals surface area contributed by atoms with Gasteiger partial charge in [-0.2, -0.15) is 0 Å². The molecule has 2 aromatic carbocycles. The zero-order valence-electron chi connectivity index (χ0n) is 13.1. The van der Waals surface area contributed by atoms with E-state index in [-0.39, 0.29) is 17.6 Å². The van der Waals surface area contributed by atoms with Gasteiger partial charge in [-0.15, -0.1) is 0 Å². The van der Waals surface area contributed by atoms with Gasteiger partial charge in [-0.3, -0.25) is 0 Å². The third-order valence-corrected chi connectivity index (χ3v) is 3.88. The van der Waals surface area contributed by atoms with E-state index >= 15 is 0 Å². The molecule has 0 amide bonds. The summed E-state index contributed by atoms with van der Waals surface area (Å²) in [6, 6.07) is 15.2.